The number of benzene rings is 2. The molecule has 0 unspecified atom stereocenters. The molecule has 0 bridgehead atoms. The summed E-state index contributed by atoms with van der Waals surface area (Å²) < 4.78 is 45.7. The van der Waals surface area contributed by atoms with E-state index in [9.17, 15) is 17.6 Å². The van der Waals surface area contributed by atoms with Gasteiger partial charge in [0.1, 0.15) is 11.6 Å². The molecule has 2 aromatic carbocycles. The molecular weight excluding hydrogens is 347 g/mol. The number of carbonyl (C=O) groups is 1. The molecule has 0 saturated carbocycles. The van der Waals surface area contributed by atoms with E-state index >= 15 is 0 Å². The molecule has 2 N–H and O–H groups in total. The van der Waals surface area contributed by atoms with Gasteiger partial charge in [-0.2, -0.15) is 4.72 Å². The van der Waals surface area contributed by atoms with Gasteiger partial charge in [0.15, 0.2) is 0 Å². The van der Waals surface area contributed by atoms with Crippen molar-refractivity contribution in [2.45, 2.75) is 24.8 Å². The normalized spacial score (nSPS) is 12.4. The van der Waals surface area contributed by atoms with E-state index in [1.807, 2.05) is 6.92 Å². The number of rotatable bonds is 7. The van der Waals surface area contributed by atoms with E-state index < -0.39 is 27.8 Å². The summed E-state index contributed by atoms with van der Waals surface area (Å²) in [5, 5.41) is 2.35. The Morgan fingerprint density at radius 3 is 2.40 bits per heavy atom. The molecule has 0 fully saturated rings. The van der Waals surface area contributed by atoms with Gasteiger partial charge in [-0.05, 0) is 50.2 Å². The zero-order valence-corrected chi connectivity index (χ0v) is 14.6. The molecule has 1 amide bonds. The predicted octanol–water partition coefficient (Wildman–Crippen LogP) is 2.53. The number of anilines is 1. The molecule has 2 rings (SSSR count). The standard InChI is InChI=1S/C17H19FN2O4S/c1-3-24-13-8-10-14(11-9-13)25(22,23)20-12(2)17(21)19-16-7-5-4-6-15(16)18/h4-12,20H,3H2,1-2H3,(H,19,21)/t12-/m0/s1. The highest BCUT2D eigenvalue weighted by molar-refractivity contribution is 7.89. The summed E-state index contributed by atoms with van der Waals surface area (Å²) in [5.74, 6) is -0.719. The first-order valence-electron chi connectivity index (χ1n) is 7.64. The Morgan fingerprint density at radius 2 is 1.80 bits per heavy atom. The zero-order valence-electron chi connectivity index (χ0n) is 13.8. The zero-order chi connectivity index (χ0) is 18.4. The van der Waals surface area contributed by atoms with Crippen LogP contribution in [0.15, 0.2) is 53.4 Å². The van der Waals surface area contributed by atoms with Crippen molar-refractivity contribution in [1.29, 1.82) is 0 Å². The van der Waals surface area contributed by atoms with Gasteiger partial charge in [0.05, 0.1) is 23.2 Å². The molecule has 1 atom stereocenters. The van der Waals surface area contributed by atoms with Crippen molar-refractivity contribution in [3.05, 3.63) is 54.3 Å². The maximum Gasteiger partial charge on any atom is 0.242 e. The molecule has 0 saturated heterocycles. The number of hydrogen-bond donors (Lipinski definition) is 2. The van der Waals surface area contributed by atoms with E-state index in [2.05, 4.69) is 10.0 Å². The Kier molecular flexibility index (Phi) is 6.11. The van der Waals surface area contributed by atoms with Gasteiger partial charge in [0, 0.05) is 0 Å². The summed E-state index contributed by atoms with van der Waals surface area (Å²) in [6.07, 6.45) is 0. The first kappa shape index (κ1) is 18.9. The summed E-state index contributed by atoms with van der Waals surface area (Å²) >= 11 is 0. The Bertz CT molecular complexity index is 838. The average Bonchev–Trinajstić information content (AvgIpc) is 2.57. The number of amides is 1. The smallest absolute Gasteiger partial charge is 0.242 e. The first-order valence-corrected chi connectivity index (χ1v) is 9.12. The molecule has 0 aliphatic heterocycles. The van der Waals surface area contributed by atoms with Gasteiger partial charge in [-0.3, -0.25) is 4.79 Å². The molecule has 2 aromatic rings. The van der Waals surface area contributed by atoms with Gasteiger partial charge in [-0.1, -0.05) is 12.1 Å². The third kappa shape index (κ3) is 5.01. The van der Waals surface area contributed by atoms with Crippen molar-refractivity contribution in [3.63, 3.8) is 0 Å². The third-order valence-electron chi connectivity index (χ3n) is 3.30. The summed E-state index contributed by atoms with van der Waals surface area (Å²) in [5.41, 5.74) is -0.0142. The van der Waals surface area contributed by atoms with Crippen molar-refractivity contribution in [3.8, 4) is 5.75 Å². The van der Waals surface area contributed by atoms with Crippen LogP contribution in [0.3, 0.4) is 0 Å². The van der Waals surface area contributed by atoms with Crippen LogP contribution in [0, 0.1) is 5.82 Å². The number of carbonyl (C=O) groups excluding carboxylic acids is 1. The highest BCUT2D eigenvalue weighted by Crippen LogP contribution is 2.17. The van der Waals surface area contributed by atoms with Crippen LogP contribution >= 0.6 is 0 Å². The largest absolute Gasteiger partial charge is 0.494 e. The number of halogens is 1. The lowest BCUT2D eigenvalue weighted by Crippen LogP contribution is -2.41. The molecule has 6 nitrogen and oxygen atoms in total. The van der Waals surface area contributed by atoms with Gasteiger partial charge >= 0.3 is 0 Å². The lowest BCUT2D eigenvalue weighted by molar-refractivity contribution is -0.117. The molecule has 0 aliphatic carbocycles. The maximum atomic E-state index is 13.6. The number of ether oxygens (including phenoxy) is 1. The number of hydrogen-bond acceptors (Lipinski definition) is 4. The Hall–Kier alpha value is -2.45. The topological polar surface area (TPSA) is 84.5 Å². The van der Waals surface area contributed by atoms with Crippen LogP contribution in [0.25, 0.3) is 0 Å². The summed E-state index contributed by atoms with van der Waals surface area (Å²) in [6.45, 7) is 3.67. The molecule has 25 heavy (non-hydrogen) atoms. The quantitative estimate of drug-likeness (QED) is 0.789. The van der Waals surface area contributed by atoms with E-state index in [4.69, 9.17) is 4.74 Å². The number of para-hydroxylation sites is 1. The summed E-state index contributed by atoms with van der Waals surface area (Å²) in [4.78, 5) is 12.1. The van der Waals surface area contributed by atoms with E-state index in [1.165, 1.54) is 49.4 Å². The summed E-state index contributed by atoms with van der Waals surface area (Å²) in [7, 11) is -3.90. The maximum absolute atomic E-state index is 13.6. The molecule has 8 heteroatoms. The Morgan fingerprint density at radius 1 is 1.16 bits per heavy atom. The molecule has 0 aliphatic rings. The lowest BCUT2D eigenvalue weighted by Gasteiger charge is -2.15. The molecular formula is C17H19FN2O4S. The molecule has 134 valence electrons. The molecule has 0 radical (unpaired) electrons. The van der Waals surface area contributed by atoms with Crippen LogP contribution in [-0.2, 0) is 14.8 Å². The van der Waals surface area contributed by atoms with Crippen molar-refractivity contribution in [2.75, 3.05) is 11.9 Å². The van der Waals surface area contributed by atoms with Crippen LogP contribution in [0.1, 0.15) is 13.8 Å². The molecule has 0 spiro atoms. The average molecular weight is 366 g/mol. The highest BCUT2D eigenvalue weighted by Gasteiger charge is 2.22. The van der Waals surface area contributed by atoms with Gasteiger partial charge in [-0.15, -0.1) is 0 Å². The minimum absolute atomic E-state index is 0.00138. The number of nitrogens with one attached hydrogen (secondary N) is 2. The van der Waals surface area contributed by atoms with Gasteiger partial charge < -0.3 is 10.1 Å². The van der Waals surface area contributed by atoms with E-state index in [0.29, 0.717) is 12.4 Å². The van der Waals surface area contributed by atoms with Crippen LogP contribution in [-0.4, -0.2) is 27.0 Å². The second-order valence-electron chi connectivity index (χ2n) is 5.22. The number of sulfonamides is 1. The van der Waals surface area contributed by atoms with Crippen LogP contribution in [0.4, 0.5) is 10.1 Å². The second kappa shape index (κ2) is 8.09. The molecule has 0 heterocycles. The fraction of sp³-hybridized carbons (Fsp3) is 0.235. The predicted molar refractivity (Wildman–Crippen MR) is 92.4 cm³/mol. The van der Waals surface area contributed by atoms with E-state index in [1.54, 1.807) is 6.07 Å². The van der Waals surface area contributed by atoms with Gasteiger partial charge in [-0.25, -0.2) is 12.8 Å². The van der Waals surface area contributed by atoms with Crippen molar-refractivity contribution >= 4 is 21.6 Å². The van der Waals surface area contributed by atoms with Crippen LogP contribution in [0.2, 0.25) is 0 Å². The monoisotopic (exact) mass is 366 g/mol. The van der Waals surface area contributed by atoms with Gasteiger partial charge in [0.25, 0.3) is 0 Å². The Balaban J connectivity index is 2.06. The first-order chi connectivity index (χ1) is 11.8. The molecule has 0 aromatic heterocycles. The van der Waals surface area contributed by atoms with E-state index in [0.717, 1.165) is 0 Å². The minimum Gasteiger partial charge on any atom is -0.494 e. The van der Waals surface area contributed by atoms with Crippen LogP contribution in [0.5, 0.6) is 5.75 Å². The summed E-state index contributed by atoms with van der Waals surface area (Å²) in [6, 6.07) is 10.4. The van der Waals surface area contributed by atoms with Crippen molar-refractivity contribution < 1.29 is 22.3 Å². The van der Waals surface area contributed by atoms with Crippen molar-refractivity contribution in [2.24, 2.45) is 0 Å². The SMILES string of the molecule is CCOc1ccc(S(=O)(=O)N[C@@H](C)C(=O)Nc2ccccc2F)cc1. The van der Waals surface area contributed by atoms with Gasteiger partial charge in [0.2, 0.25) is 15.9 Å². The van der Waals surface area contributed by atoms with Crippen molar-refractivity contribution in [1.82, 2.24) is 4.72 Å². The third-order valence-corrected chi connectivity index (χ3v) is 4.86. The van der Waals surface area contributed by atoms with Crippen LogP contribution < -0.4 is 14.8 Å². The van der Waals surface area contributed by atoms with E-state index in [-0.39, 0.29) is 10.6 Å². The highest BCUT2D eigenvalue weighted by atomic mass is 32.2. The fourth-order valence-electron chi connectivity index (χ4n) is 2.04. The lowest BCUT2D eigenvalue weighted by atomic mass is 10.2. The fourth-order valence-corrected chi connectivity index (χ4v) is 3.24. The Labute approximate surface area is 146 Å². The second-order valence-corrected chi connectivity index (χ2v) is 6.93. The minimum atomic E-state index is -3.90.